The Bertz CT molecular complexity index is 1070. The van der Waals surface area contributed by atoms with Gasteiger partial charge in [0.15, 0.2) is 5.78 Å². The maximum atomic E-state index is 13.8. The molecule has 0 aliphatic carbocycles. The summed E-state index contributed by atoms with van der Waals surface area (Å²) in [5.74, 6) is -1.13. The van der Waals surface area contributed by atoms with Crippen LogP contribution in [-0.2, 0) is 14.4 Å². The van der Waals surface area contributed by atoms with Gasteiger partial charge in [0.2, 0.25) is 5.91 Å². The molecular weight excluding hydrogens is 496 g/mol. The number of hydrogen-bond donors (Lipinski definition) is 2. The van der Waals surface area contributed by atoms with Crippen LogP contribution in [0.15, 0.2) is 24.3 Å². The Morgan fingerprint density at radius 1 is 1.00 bits per heavy atom. The number of amides is 3. The first kappa shape index (κ1) is 29.1. The molecule has 3 heterocycles. The van der Waals surface area contributed by atoms with E-state index >= 15 is 0 Å². The van der Waals surface area contributed by atoms with E-state index in [1.165, 1.54) is 17.7 Å². The first-order chi connectivity index (χ1) is 18.4. The number of aliphatic hydroxyl groups excluding tert-OH is 1. The molecule has 0 spiro atoms. The number of nitrogens with one attached hydrogen (secondary N) is 1. The number of benzene rings is 1. The van der Waals surface area contributed by atoms with E-state index in [2.05, 4.69) is 10.2 Å². The number of hydrogen-bond acceptors (Lipinski definition) is 6. The van der Waals surface area contributed by atoms with Gasteiger partial charge in [0.25, 0.3) is 11.8 Å². The van der Waals surface area contributed by atoms with Crippen LogP contribution < -0.4 is 10.2 Å². The zero-order chi connectivity index (χ0) is 28.5. The predicted molar refractivity (Wildman–Crippen MR) is 149 cm³/mol. The molecule has 4 rings (SSSR count). The number of fused-ring (bicyclic) bond motifs is 1. The van der Waals surface area contributed by atoms with Crippen molar-refractivity contribution in [2.45, 2.75) is 91.0 Å². The number of nitrogens with zero attached hydrogens (tertiary/aromatic N) is 3. The molecule has 1 aromatic carbocycles. The normalized spacial score (nSPS) is 22.8. The molecule has 4 atom stereocenters. The third-order valence-corrected chi connectivity index (χ3v) is 7.99. The largest absolute Gasteiger partial charge is 0.383 e. The Morgan fingerprint density at radius 3 is 2.23 bits per heavy atom. The summed E-state index contributed by atoms with van der Waals surface area (Å²) < 4.78 is 0. The maximum Gasteiger partial charge on any atom is 0.252 e. The molecule has 9 nitrogen and oxygen atoms in total. The van der Waals surface area contributed by atoms with E-state index in [1.54, 1.807) is 17.0 Å². The fourth-order valence-electron chi connectivity index (χ4n) is 6.15. The average Bonchev–Trinajstić information content (AvgIpc) is 3.60. The van der Waals surface area contributed by atoms with Crippen LogP contribution in [0.3, 0.4) is 0 Å². The molecule has 0 saturated carbocycles. The molecule has 3 saturated heterocycles. The number of likely N-dealkylation sites (tertiary alicyclic amines) is 2. The van der Waals surface area contributed by atoms with Crippen molar-refractivity contribution in [3.05, 3.63) is 29.8 Å². The topological polar surface area (TPSA) is 110 Å². The van der Waals surface area contributed by atoms with Crippen LogP contribution in [0.25, 0.3) is 0 Å². The van der Waals surface area contributed by atoms with Crippen molar-refractivity contribution in [2.24, 2.45) is 11.3 Å². The average molecular weight is 541 g/mol. The lowest BCUT2D eigenvalue weighted by Crippen LogP contribution is -2.53. The van der Waals surface area contributed by atoms with Crippen molar-refractivity contribution in [3.8, 4) is 0 Å². The summed E-state index contributed by atoms with van der Waals surface area (Å²) in [6.45, 7) is 12.1. The molecule has 0 aromatic heterocycles. The number of carbonyl (C=O) groups is 4. The van der Waals surface area contributed by atoms with Gasteiger partial charge in [-0.05, 0) is 67.7 Å². The summed E-state index contributed by atoms with van der Waals surface area (Å²) in [4.78, 5) is 58.3. The van der Waals surface area contributed by atoms with E-state index in [0.29, 0.717) is 24.9 Å². The fourth-order valence-corrected chi connectivity index (χ4v) is 6.15. The van der Waals surface area contributed by atoms with Crippen LogP contribution >= 0.6 is 0 Å². The van der Waals surface area contributed by atoms with Gasteiger partial charge in [-0.3, -0.25) is 19.2 Å². The van der Waals surface area contributed by atoms with E-state index in [0.717, 1.165) is 18.8 Å². The summed E-state index contributed by atoms with van der Waals surface area (Å²) in [7, 11) is 0. The number of aliphatic hydroxyl groups is 1. The van der Waals surface area contributed by atoms with Crippen LogP contribution in [0.4, 0.5) is 5.69 Å². The number of anilines is 1. The minimum atomic E-state index is -1.19. The van der Waals surface area contributed by atoms with Gasteiger partial charge in [-0.25, -0.2) is 0 Å². The van der Waals surface area contributed by atoms with Crippen LogP contribution in [0.1, 0.15) is 77.1 Å². The van der Waals surface area contributed by atoms with Crippen LogP contribution in [-0.4, -0.2) is 88.8 Å². The van der Waals surface area contributed by atoms with Crippen molar-refractivity contribution in [1.29, 1.82) is 0 Å². The van der Waals surface area contributed by atoms with E-state index in [4.69, 9.17) is 0 Å². The monoisotopic (exact) mass is 540 g/mol. The van der Waals surface area contributed by atoms with Crippen LogP contribution in [0, 0.1) is 11.3 Å². The zero-order valence-electron chi connectivity index (χ0n) is 24.0. The Balaban J connectivity index is 1.45. The molecule has 3 aliphatic rings. The Kier molecular flexibility index (Phi) is 8.69. The molecule has 9 heteroatoms. The third kappa shape index (κ3) is 6.62. The highest BCUT2D eigenvalue weighted by Crippen LogP contribution is 2.32. The van der Waals surface area contributed by atoms with Gasteiger partial charge in [0.1, 0.15) is 18.2 Å². The van der Waals surface area contributed by atoms with E-state index in [1.807, 2.05) is 46.8 Å². The number of rotatable bonds is 8. The lowest BCUT2D eigenvalue weighted by Gasteiger charge is -2.30. The molecule has 1 aromatic rings. The molecule has 3 aliphatic heterocycles. The van der Waals surface area contributed by atoms with Gasteiger partial charge in [-0.2, -0.15) is 0 Å². The first-order valence-electron chi connectivity index (χ1n) is 14.3. The smallest absolute Gasteiger partial charge is 0.252 e. The van der Waals surface area contributed by atoms with Gasteiger partial charge in [0, 0.05) is 30.9 Å². The molecule has 3 fully saturated rings. The minimum Gasteiger partial charge on any atom is -0.383 e. The number of carbonyl (C=O) groups excluding carboxylic acids is 4. The second-order valence-corrected chi connectivity index (χ2v) is 12.9. The molecule has 39 heavy (non-hydrogen) atoms. The summed E-state index contributed by atoms with van der Waals surface area (Å²) in [6, 6.07) is 5.51. The van der Waals surface area contributed by atoms with Gasteiger partial charge in [-0.1, -0.05) is 34.6 Å². The lowest BCUT2D eigenvalue weighted by molar-refractivity contribution is -0.143. The summed E-state index contributed by atoms with van der Waals surface area (Å²) in [6.07, 6.45) is 2.35. The maximum absolute atomic E-state index is 13.8. The van der Waals surface area contributed by atoms with E-state index < -0.39 is 30.1 Å². The van der Waals surface area contributed by atoms with Crippen molar-refractivity contribution in [1.82, 2.24) is 15.1 Å². The van der Waals surface area contributed by atoms with Gasteiger partial charge < -0.3 is 25.1 Å². The molecule has 0 radical (unpaired) electrons. The van der Waals surface area contributed by atoms with Crippen molar-refractivity contribution < 1.29 is 24.3 Å². The van der Waals surface area contributed by atoms with Crippen molar-refractivity contribution >= 4 is 29.2 Å². The van der Waals surface area contributed by atoms with Gasteiger partial charge in [-0.15, -0.1) is 0 Å². The van der Waals surface area contributed by atoms with E-state index in [9.17, 15) is 24.3 Å². The van der Waals surface area contributed by atoms with E-state index in [-0.39, 0.29) is 41.9 Å². The number of Topliss-reactive ketones (excluding diaryl/α,β-unsaturated/α-hetero) is 1. The van der Waals surface area contributed by atoms with Crippen LogP contribution in [0.2, 0.25) is 0 Å². The van der Waals surface area contributed by atoms with Gasteiger partial charge >= 0.3 is 0 Å². The zero-order valence-corrected chi connectivity index (χ0v) is 24.0. The highest BCUT2D eigenvalue weighted by Gasteiger charge is 2.53. The molecular formula is C30H44N4O5. The first-order valence-corrected chi connectivity index (χ1v) is 14.3. The molecule has 3 amide bonds. The fraction of sp³-hybridized carbons (Fsp3) is 0.667. The molecule has 0 bridgehead atoms. The Morgan fingerprint density at radius 2 is 1.64 bits per heavy atom. The summed E-state index contributed by atoms with van der Waals surface area (Å²) >= 11 is 0. The summed E-state index contributed by atoms with van der Waals surface area (Å²) in [5.41, 5.74) is 1.33. The molecule has 4 unspecified atom stereocenters. The highest BCUT2D eigenvalue weighted by molar-refractivity contribution is 6.01. The van der Waals surface area contributed by atoms with Crippen LogP contribution in [0.5, 0.6) is 0 Å². The Labute approximate surface area is 231 Å². The summed E-state index contributed by atoms with van der Waals surface area (Å²) in [5, 5.41) is 13.5. The SMILES string of the molecule is CC(C)CC(NC(=O)c1ccc(N2CCCC2)cc1)C(=O)N1CCC2C1C(=O)CN2C(=O)C(O)CC(C)(C)C. The quantitative estimate of drug-likeness (QED) is 0.525. The van der Waals surface area contributed by atoms with Crippen molar-refractivity contribution in [3.63, 3.8) is 0 Å². The Hall–Kier alpha value is -2.94. The van der Waals surface area contributed by atoms with Crippen molar-refractivity contribution in [2.75, 3.05) is 31.1 Å². The highest BCUT2D eigenvalue weighted by atomic mass is 16.3. The van der Waals surface area contributed by atoms with Gasteiger partial charge in [0.05, 0.1) is 12.6 Å². The number of ketones is 1. The minimum absolute atomic E-state index is 0.107. The predicted octanol–water partition coefficient (Wildman–Crippen LogP) is 2.61. The third-order valence-electron chi connectivity index (χ3n) is 7.99. The second kappa shape index (κ2) is 11.7. The second-order valence-electron chi connectivity index (χ2n) is 12.9. The molecule has 2 N–H and O–H groups in total. The molecule has 214 valence electrons. The lowest BCUT2D eigenvalue weighted by atomic mass is 9.89. The standard InChI is InChI=1S/C30H44N4O5/c1-19(2)16-22(31-27(37)20-8-10-21(11-9-20)32-13-6-7-14-32)28(38)33-15-12-23-26(33)25(36)18-34(23)29(39)24(35)17-30(3,4)5/h8-11,19,22-24,26,35H,6-7,12-18H2,1-5H3,(H,31,37).